The average Bonchev–Trinajstić information content (AvgIpc) is 2.81. The molecule has 10 heteroatoms. The fraction of sp³-hybridized carbons (Fsp3) is 0.261. The largest absolute Gasteiger partial charge is 0.497 e. The number of hydrogen-bond donors (Lipinski definition) is 2. The summed E-state index contributed by atoms with van der Waals surface area (Å²) < 4.78 is 33.4. The maximum Gasteiger partial charge on any atom is 0.257 e. The van der Waals surface area contributed by atoms with E-state index in [4.69, 9.17) is 4.74 Å². The monoisotopic (exact) mass is 467 g/mol. The summed E-state index contributed by atoms with van der Waals surface area (Å²) >= 11 is 0. The highest BCUT2D eigenvalue weighted by Gasteiger charge is 2.39. The molecule has 172 valence electrons. The number of benzene rings is 2. The lowest BCUT2D eigenvalue weighted by molar-refractivity contribution is -0.124. The lowest BCUT2D eigenvalue weighted by Gasteiger charge is -2.35. The molecule has 1 unspecified atom stereocenters. The number of hydrogen-bond acceptors (Lipinski definition) is 7. The standard InChI is InChI=1S/C23H25N5O4S/c1-15-12-16(2)25-23(24-15)27-26-22(29)21-13-17-6-4-5-7-18(17)14-28(21)33(30,31)20-10-8-19(32-3)9-11-20/h4-12,21H,13-14H2,1-3H3,(H,26,29)(H,24,25,27). The maximum absolute atomic E-state index is 13.5. The quantitative estimate of drug-likeness (QED) is 0.535. The van der Waals surface area contributed by atoms with E-state index in [1.54, 1.807) is 12.1 Å². The van der Waals surface area contributed by atoms with E-state index >= 15 is 0 Å². The van der Waals surface area contributed by atoms with Gasteiger partial charge in [-0.2, -0.15) is 4.31 Å². The Labute approximate surface area is 192 Å². The Morgan fingerprint density at radius 1 is 1.03 bits per heavy atom. The Hall–Kier alpha value is -3.50. The number of amides is 1. The van der Waals surface area contributed by atoms with Crippen molar-refractivity contribution in [3.63, 3.8) is 0 Å². The van der Waals surface area contributed by atoms with E-state index in [0.717, 1.165) is 22.5 Å². The van der Waals surface area contributed by atoms with Crippen molar-refractivity contribution < 1.29 is 17.9 Å². The molecule has 1 aliphatic rings. The molecule has 9 nitrogen and oxygen atoms in total. The first kappa shape index (κ1) is 22.7. The molecule has 1 amide bonds. The summed E-state index contributed by atoms with van der Waals surface area (Å²) in [6, 6.07) is 14.5. The maximum atomic E-state index is 13.5. The van der Waals surface area contributed by atoms with Gasteiger partial charge in [0.1, 0.15) is 11.8 Å². The Morgan fingerprint density at radius 2 is 1.67 bits per heavy atom. The summed E-state index contributed by atoms with van der Waals surface area (Å²) in [6.07, 6.45) is 0.243. The van der Waals surface area contributed by atoms with Crippen LogP contribution >= 0.6 is 0 Å². The first-order chi connectivity index (χ1) is 15.8. The highest BCUT2D eigenvalue weighted by atomic mass is 32.2. The second-order valence-corrected chi connectivity index (χ2v) is 9.69. The van der Waals surface area contributed by atoms with Gasteiger partial charge in [-0.15, -0.1) is 0 Å². The molecule has 2 N–H and O–H groups in total. The Morgan fingerprint density at radius 3 is 2.30 bits per heavy atom. The number of sulfonamides is 1. The van der Waals surface area contributed by atoms with Gasteiger partial charge in [0.25, 0.3) is 5.91 Å². The van der Waals surface area contributed by atoms with Crippen molar-refractivity contribution in [1.29, 1.82) is 0 Å². The zero-order valence-electron chi connectivity index (χ0n) is 18.6. The summed E-state index contributed by atoms with van der Waals surface area (Å²) in [6.45, 7) is 3.73. The minimum atomic E-state index is -3.96. The highest BCUT2D eigenvalue weighted by molar-refractivity contribution is 7.89. The van der Waals surface area contributed by atoms with Crippen LogP contribution in [0.15, 0.2) is 59.5 Å². The van der Waals surface area contributed by atoms with E-state index in [2.05, 4.69) is 20.8 Å². The molecule has 4 rings (SSSR count). The van der Waals surface area contributed by atoms with Crippen molar-refractivity contribution in [2.24, 2.45) is 0 Å². The molecule has 0 saturated heterocycles. The van der Waals surface area contributed by atoms with Crippen LogP contribution in [-0.2, 0) is 27.8 Å². The number of aryl methyl sites for hydroxylation is 2. The minimum Gasteiger partial charge on any atom is -0.497 e. The number of methoxy groups -OCH3 is 1. The molecule has 0 fully saturated rings. The van der Waals surface area contributed by atoms with Gasteiger partial charge >= 0.3 is 0 Å². The van der Waals surface area contributed by atoms with Crippen molar-refractivity contribution in [3.05, 3.63) is 77.1 Å². The first-order valence-corrected chi connectivity index (χ1v) is 11.8. The summed E-state index contributed by atoms with van der Waals surface area (Å²) in [5.74, 6) is 0.288. The lowest BCUT2D eigenvalue weighted by atomic mass is 9.95. The summed E-state index contributed by atoms with van der Waals surface area (Å²) in [5.41, 5.74) is 8.59. The number of fused-ring (bicyclic) bond motifs is 1. The molecule has 1 aromatic heterocycles. The second-order valence-electron chi connectivity index (χ2n) is 7.80. The van der Waals surface area contributed by atoms with Crippen LogP contribution in [0.2, 0.25) is 0 Å². The van der Waals surface area contributed by atoms with Gasteiger partial charge < -0.3 is 4.74 Å². The molecule has 0 spiro atoms. The van der Waals surface area contributed by atoms with E-state index in [-0.39, 0.29) is 23.8 Å². The number of aromatic nitrogens is 2. The van der Waals surface area contributed by atoms with Crippen LogP contribution in [0, 0.1) is 13.8 Å². The third kappa shape index (κ3) is 4.81. The fourth-order valence-electron chi connectivity index (χ4n) is 3.84. The van der Waals surface area contributed by atoms with Crippen LogP contribution in [0.4, 0.5) is 5.95 Å². The zero-order chi connectivity index (χ0) is 23.6. The molecule has 0 saturated carbocycles. The Balaban J connectivity index is 1.63. The molecule has 0 radical (unpaired) electrons. The number of anilines is 1. The Bertz CT molecular complexity index is 1260. The fourth-order valence-corrected chi connectivity index (χ4v) is 5.41. The molecule has 2 aromatic carbocycles. The summed E-state index contributed by atoms with van der Waals surface area (Å²) in [5, 5.41) is 0. The summed E-state index contributed by atoms with van der Waals surface area (Å²) in [4.78, 5) is 21.7. The molecule has 0 bridgehead atoms. The number of ether oxygens (including phenoxy) is 1. The van der Waals surface area contributed by atoms with Gasteiger partial charge in [-0.25, -0.2) is 18.4 Å². The molecule has 0 aliphatic carbocycles. The average molecular weight is 468 g/mol. The van der Waals surface area contributed by atoms with Crippen LogP contribution in [0.5, 0.6) is 5.75 Å². The Kier molecular flexibility index (Phi) is 6.30. The molecule has 1 aliphatic heterocycles. The molecular formula is C23H25N5O4S. The first-order valence-electron chi connectivity index (χ1n) is 10.4. The van der Waals surface area contributed by atoms with Gasteiger partial charge in [-0.05, 0) is 61.7 Å². The normalized spacial score (nSPS) is 16.0. The van der Waals surface area contributed by atoms with Crippen molar-refractivity contribution in [3.8, 4) is 5.75 Å². The van der Waals surface area contributed by atoms with Crippen LogP contribution in [0.1, 0.15) is 22.5 Å². The highest BCUT2D eigenvalue weighted by Crippen LogP contribution is 2.30. The number of carbonyl (C=O) groups is 1. The van der Waals surface area contributed by atoms with Gasteiger partial charge in [0.05, 0.1) is 12.0 Å². The van der Waals surface area contributed by atoms with E-state index in [1.807, 2.05) is 44.2 Å². The number of nitrogens with one attached hydrogen (secondary N) is 2. The van der Waals surface area contributed by atoms with E-state index in [1.165, 1.54) is 23.5 Å². The number of rotatable bonds is 6. The minimum absolute atomic E-state index is 0.0860. The number of carbonyl (C=O) groups excluding carboxylic acids is 1. The van der Waals surface area contributed by atoms with E-state index in [9.17, 15) is 13.2 Å². The van der Waals surface area contributed by atoms with Crippen LogP contribution < -0.4 is 15.6 Å². The molecular weight excluding hydrogens is 442 g/mol. The van der Waals surface area contributed by atoms with Gasteiger partial charge in [-0.3, -0.25) is 15.6 Å². The molecule has 1 atom stereocenters. The topological polar surface area (TPSA) is 114 Å². The van der Waals surface area contributed by atoms with Gasteiger partial charge in [0.15, 0.2) is 0 Å². The van der Waals surface area contributed by atoms with Crippen LogP contribution in [-0.4, -0.2) is 41.7 Å². The van der Waals surface area contributed by atoms with Crippen molar-refractivity contribution >= 4 is 21.9 Å². The summed E-state index contributed by atoms with van der Waals surface area (Å²) in [7, 11) is -2.45. The van der Waals surface area contributed by atoms with Crippen LogP contribution in [0.3, 0.4) is 0 Å². The molecule has 33 heavy (non-hydrogen) atoms. The van der Waals surface area contributed by atoms with E-state index < -0.39 is 22.0 Å². The third-order valence-corrected chi connectivity index (χ3v) is 7.32. The molecule has 3 aromatic rings. The number of nitrogens with zero attached hydrogens (tertiary/aromatic N) is 3. The third-order valence-electron chi connectivity index (χ3n) is 5.45. The van der Waals surface area contributed by atoms with Gasteiger partial charge in [0.2, 0.25) is 16.0 Å². The predicted molar refractivity (Wildman–Crippen MR) is 123 cm³/mol. The van der Waals surface area contributed by atoms with Gasteiger partial charge in [0, 0.05) is 17.9 Å². The second kappa shape index (κ2) is 9.16. The van der Waals surface area contributed by atoms with Crippen LogP contribution in [0.25, 0.3) is 0 Å². The zero-order valence-corrected chi connectivity index (χ0v) is 19.4. The predicted octanol–water partition coefficient (Wildman–Crippen LogP) is 2.36. The van der Waals surface area contributed by atoms with Crippen molar-refractivity contribution in [1.82, 2.24) is 19.7 Å². The van der Waals surface area contributed by atoms with E-state index in [0.29, 0.717) is 5.75 Å². The molecule has 2 heterocycles. The SMILES string of the molecule is COc1ccc(S(=O)(=O)N2Cc3ccccc3CC2C(=O)NNc2nc(C)cc(C)n2)cc1. The number of hydrazine groups is 1. The van der Waals surface area contributed by atoms with Crippen molar-refractivity contribution in [2.45, 2.75) is 37.8 Å². The van der Waals surface area contributed by atoms with Gasteiger partial charge in [-0.1, -0.05) is 24.3 Å². The smallest absolute Gasteiger partial charge is 0.257 e. The van der Waals surface area contributed by atoms with Crippen molar-refractivity contribution in [2.75, 3.05) is 12.5 Å². The lowest BCUT2D eigenvalue weighted by Crippen LogP contribution is -2.53.